The van der Waals surface area contributed by atoms with Crippen LogP contribution in [-0.4, -0.2) is 20.6 Å². The molecule has 5 nitrogen and oxygen atoms in total. The first-order valence-electron chi connectivity index (χ1n) is 7.70. The Hall–Kier alpha value is -2.86. The van der Waals surface area contributed by atoms with E-state index >= 15 is 0 Å². The first kappa shape index (κ1) is 17.0. The maximum atomic E-state index is 12.4. The highest BCUT2D eigenvalue weighted by molar-refractivity contribution is 7.92. The summed E-state index contributed by atoms with van der Waals surface area (Å²) in [5, 5.41) is 5.02. The lowest BCUT2D eigenvalue weighted by Crippen LogP contribution is -2.14. The summed E-state index contributed by atoms with van der Waals surface area (Å²) in [6, 6.07) is 18.5. The van der Waals surface area contributed by atoms with Crippen LogP contribution in [0.4, 0.5) is 11.4 Å². The van der Waals surface area contributed by atoms with Crippen molar-refractivity contribution in [2.75, 3.05) is 16.3 Å². The van der Waals surface area contributed by atoms with Gasteiger partial charge in [0.05, 0.1) is 11.9 Å². The normalized spacial score (nSPS) is 11.3. The van der Waals surface area contributed by atoms with Crippen LogP contribution in [0, 0.1) is 6.92 Å². The Morgan fingerprint density at radius 2 is 1.64 bits per heavy atom. The van der Waals surface area contributed by atoms with Gasteiger partial charge >= 0.3 is 0 Å². The smallest absolute Gasteiger partial charge is 0.255 e. The number of carbonyl (C=O) groups excluding carboxylic acids is 1. The highest BCUT2D eigenvalue weighted by atomic mass is 32.2. The van der Waals surface area contributed by atoms with E-state index < -0.39 is 10.0 Å². The van der Waals surface area contributed by atoms with Gasteiger partial charge in [0.2, 0.25) is 10.0 Å². The quantitative estimate of drug-likeness (QED) is 0.749. The van der Waals surface area contributed by atoms with Gasteiger partial charge in [0.25, 0.3) is 5.91 Å². The third-order valence-corrected chi connectivity index (χ3v) is 4.38. The molecule has 0 bridgehead atoms. The molecule has 6 heteroatoms. The monoisotopic (exact) mass is 354 g/mol. The lowest BCUT2D eigenvalue weighted by atomic mass is 10.1. The Morgan fingerprint density at radius 1 is 0.920 bits per heavy atom. The van der Waals surface area contributed by atoms with Crippen molar-refractivity contribution in [1.82, 2.24) is 0 Å². The largest absolute Gasteiger partial charge is 0.322 e. The van der Waals surface area contributed by atoms with E-state index in [0.29, 0.717) is 22.5 Å². The number of rotatable bonds is 4. The van der Waals surface area contributed by atoms with Crippen LogP contribution in [-0.2, 0) is 10.0 Å². The molecule has 0 aliphatic carbocycles. The van der Waals surface area contributed by atoms with Crippen molar-refractivity contribution in [3.8, 4) is 0 Å². The van der Waals surface area contributed by atoms with Crippen molar-refractivity contribution in [2.45, 2.75) is 6.92 Å². The molecule has 128 valence electrons. The number of anilines is 2. The number of aryl methyl sites for hydroxylation is 1. The van der Waals surface area contributed by atoms with Crippen LogP contribution in [0.5, 0.6) is 0 Å². The standard InChI is InChI=1S/C19H18N2O3S/c1-13-11-16(8-10-18(13)21-25(2,23)24)19(22)20-17-9-7-14-5-3-4-6-15(14)12-17/h3-12,21H,1-2H3,(H,20,22). The molecule has 0 aromatic heterocycles. The van der Waals surface area contributed by atoms with Gasteiger partial charge in [-0.15, -0.1) is 0 Å². The zero-order valence-electron chi connectivity index (χ0n) is 13.9. The minimum Gasteiger partial charge on any atom is -0.322 e. The highest BCUT2D eigenvalue weighted by Gasteiger charge is 2.10. The summed E-state index contributed by atoms with van der Waals surface area (Å²) in [7, 11) is -3.35. The molecule has 3 aromatic carbocycles. The van der Waals surface area contributed by atoms with Crippen LogP contribution in [0.2, 0.25) is 0 Å². The number of amides is 1. The van der Waals surface area contributed by atoms with Gasteiger partial charge in [0.1, 0.15) is 0 Å². The third-order valence-electron chi connectivity index (χ3n) is 3.79. The summed E-state index contributed by atoms with van der Waals surface area (Å²) in [5.41, 5.74) is 2.31. The van der Waals surface area contributed by atoms with E-state index in [1.165, 1.54) is 0 Å². The SMILES string of the molecule is Cc1cc(C(=O)Nc2ccc3ccccc3c2)ccc1NS(C)(=O)=O. The number of benzene rings is 3. The van der Waals surface area contributed by atoms with Gasteiger partial charge in [-0.3, -0.25) is 9.52 Å². The summed E-state index contributed by atoms with van der Waals surface area (Å²) in [5.74, 6) is -0.246. The second-order valence-electron chi connectivity index (χ2n) is 5.92. The Morgan fingerprint density at radius 3 is 2.32 bits per heavy atom. The molecule has 0 radical (unpaired) electrons. The number of hydrogen-bond donors (Lipinski definition) is 2. The van der Waals surface area contributed by atoms with Crippen molar-refractivity contribution in [3.63, 3.8) is 0 Å². The van der Waals surface area contributed by atoms with Crippen LogP contribution in [0.25, 0.3) is 10.8 Å². The molecule has 3 aromatic rings. The molecular weight excluding hydrogens is 336 g/mol. The van der Waals surface area contributed by atoms with Crippen LogP contribution >= 0.6 is 0 Å². The molecule has 3 rings (SSSR count). The molecule has 0 atom stereocenters. The predicted molar refractivity (Wildman–Crippen MR) is 102 cm³/mol. The lowest BCUT2D eigenvalue weighted by Gasteiger charge is -2.10. The fraction of sp³-hybridized carbons (Fsp3) is 0.105. The fourth-order valence-corrected chi connectivity index (χ4v) is 3.22. The average molecular weight is 354 g/mol. The molecule has 0 spiro atoms. The second-order valence-corrected chi connectivity index (χ2v) is 7.67. The minimum absolute atomic E-state index is 0.246. The number of carbonyl (C=O) groups is 1. The molecule has 0 saturated heterocycles. The van der Waals surface area contributed by atoms with E-state index in [-0.39, 0.29) is 5.91 Å². The van der Waals surface area contributed by atoms with E-state index in [1.807, 2.05) is 42.5 Å². The first-order chi connectivity index (χ1) is 11.8. The van der Waals surface area contributed by atoms with Crippen LogP contribution in [0.15, 0.2) is 60.7 Å². The van der Waals surface area contributed by atoms with E-state index in [2.05, 4.69) is 10.0 Å². The molecule has 25 heavy (non-hydrogen) atoms. The predicted octanol–water partition coefficient (Wildman–Crippen LogP) is 3.77. The van der Waals surface area contributed by atoms with E-state index in [9.17, 15) is 13.2 Å². The molecule has 0 fully saturated rings. The van der Waals surface area contributed by atoms with E-state index in [4.69, 9.17) is 0 Å². The van der Waals surface area contributed by atoms with Crippen molar-refractivity contribution in [2.24, 2.45) is 0 Å². The molecule has 0 aliphatic rings. The number of sulfonamides is 1. The van der Waals surface area contributed by atoms with Gasteiger partial charge in [-0.05, 0) is 53.6 Å². The molecule has 0 saturated carbocycles. The summed E-state index contributed by atoms with van der Waals surface area (Å²) >= 11 is 0. The maximum absolute atomic E-state index is 12.4. The lowest BCUT2D eigenvalue weighted by molar-refractivity contribution is 0.102. The molecule has 1 amide bonds. The number of nitrogens with one attached hydrogen (secondary N) is 2. The minimum atomic E-state index is -3.35. The Labute approximate surface area is 146 Å². The van der Waals surface area contributed by atoms with E-state index in [0.717, 1.165) is 17.0 Å². The first-order valence-corrected chi connectivity index (χ1v) is 9.59. The summed E-state index contributed by atoms with van der Waals surface area (Å²) in [6.45, 7) is 1.75. The average Bonchev–Trinajstić information content (AvgIpc) is 2.55. The van der Waals surface area contributed by atoms with Gasteiger partial charge in [-0.1, -0.05) is 30.3 Å². The van der Waals surface area contributed by atoms with Crippen molar-refractivity contribution >= 4 is 38.1 Å². The summed E-state index contributed by atoms with van der Waals surface area (Å²) < 4.78 is 25.1. The zero-order valence-corrected chi connectivity index (χ0v) is 14.7. The number of fused-ring (bicyclic) bond motifs is 1. The second kappa shape index (κ2) is 6.57. The fourth-order valence-electron chi connectivity index (χ4n) is 2.59. The van der Waals surface area contributed by atoms with Crippen LogP contribution in [0.1, 0.15) is 15.9 Å². The zero-order chi connectivity index (χ0) is 18.0. The molecule has 0 aliphatic heterocycles. The van der Waals surface area contributed by atoms with Gasteiger partial charge in [-0.2, -0.15) is 0 Å². The maximum Gasteiger partial charge on any atom is 0.255 e. The van der Waals surface area contributed by atoms with Gasteiger partial charge < -0.3 is 5.32 Å². The van der Waals surface area contributed by atoms with Crippen LogP contribution < -0.4 is 10.0 Å². The molecular formula is C19H18N2O3S. The van der Waals surface area contributed by atoms with Crippen molar-refractivity contribution < 1.29 is 13.2 Å². The topological polar surface area (TPSA) is 75.3 Å². The van der Waals surface area contributed by atoms with Gasteiger partial charge in [0, 0.05) is 11.3 Å². The van der Waals surface area contributed by atoms with Gasteiger partial charge in [-0.25, -0.2) is 8.42 Å². The number of hydrogen-bond acceptors (Lipinski definition) is 3. The Balaban J connectivity index is 1.81. The van der Waals surface area contributed by atoms with E-state index in [1.54, 1.807) is 25.1 Å². The molecule has 0 unspecified atom stereocenters. The van der Waals surface area contributed by atoms with Crippen molar-refractivity contribution in [1.29, 1.82) is 0 Å². The van der Waals surface area contributed by atoms with Gasteiger partial charge in [0.15, 0.2) is 0 Å². The summed E-state index contributed by atoms with van der Waals surface area (Å²) in [4.78, 5) is 12.4. The van der Waals surface area contributed by atoms with Crippen molar-refractivity contribution in [3.05, 3.63) is 71.8 Å². The summed E-state index contributed by atoms with van der Waals surface area (Å²) in [6.07, 6.45) is 1.09. The molecule has 0 heterocycles. The molecule has 2 N–H and O–H groups in total. The third kappa shape index (κ3) is 4.16. The van der Waals surface area contributed by atoms with Crippen LogP contribution in [0.3, 0.4) is 0 Å². The Kier molecular flexibility index (Phi) is 4.46. The highest BCUT2D eigenvalue weighted by Crippen LogP contribution is 2.21. The Bertz CT molecular complexity index is 1060.